The van der Waals surface area contributed by atoms with Gasteiger partial charge in [0.1, 0.15) is 0 Å². The predicted molar refractivity (Wildman–Crippen MR) is 124 cm³/mol. The Balaban J connectivity index is 2.01. The summed E-state index contributed by atoms with van der Waals surface area (Å²) < 4.78 is 28.8. The van der Waals surface area contributed by atoms with Gasteiger partial charge in [-0.2, -0.15) is 4.31 Å². The van der Waals surface area contributed by atoms with Crippen LogP contribution in [0.5, 0.6) is 0 Å². The first kappa shape index (κ1) is 23.8. The molecule has 0 aromatic heterocycles. The number of nitrogens with two attached hydrogens (primary N) is 1. The van der Waals surface area contributed by atoms with Gasteiger partial charge < -0.3 is 5.73 Å². The Labute approximate surface area is 190 Å². The van der Waals surface area contributed by atoms with Crippen molar-refractivity contribution in [2.45, 2.75) is 69.4 Å². The lowest BCUT2D eigenvalue weighted by molar-refractivity contribution is -0.124. The minimum atomic E-state index is -3.85. The second-order valence-electron chi connectivity index (χ2n) is 9.31. The van der Waals surface area contributed by atoms with Crippen molar-refractivity contribution in [1.29, 1.82) is 0 Å². The Morgan fingerprint density at radius 1 is 1.03 bits per heavy atom. The van der Waals surface area contributed by atoms with Crippen LogP contribution in [0.1, 0.15) is 57.6 Å². The molecule has 0 unspecified atom stereocenters. The van der Waals surface area contributed by atoms with Gasteiger partial charge in [0.25, 0.3) is 0 Å². The quantitative estimate of drug-likeness (QED) is 0.664. The van der Waals surface area contributed by atoms with Crippen molar-refractivity contribution in [2.75, 3.05) is 0 Å². The molecule has 2 N–H and O–H groups in total. The molecule has 0 saturated heterocycles. The Morgan fingerprint density at radius 2 is 1.61 bits per heavy atom. The first-order valence-corrected chi connectivity index (χ1v) is 12.5. The molecule has 0 spiro atoms. The largest absolute Gasteiger partial charge is 0.369 e. The standard InChI is InChI=1S/C24H31ClN2O3S/c1-24(2,3)18-10-8-17(9-11-18)16-27(22-7-5-4-6-21(22)23(26)28)31(29,30)20-14-12-19(25)13-15-20/h8-15,21-22H,4-7,16H2,1-3H3,(H2,26,28)/t21-,22+/m0/s1. The number of halogens is 1. The Kier molecular flexibility index (Phi) is 7.14. The van der Waals surface area contributed by atoms with E-state index in [0.29, 0.717) is 17.9 Å². The number of hydrogen-bond acceptors (Lipinski definition) is 3. The maximum atomic E-state index is 13.7. The monoisotopic (exact) mass is 462 g/mol. The van der Waals surface area contributed by atoms with Crippen LogP contribution in [0.2, 0.25) is 5.02 Å². The number of carbonyl (C=O) groups is 1. The van der Waals surface area contributed by atoms with E-state index >= 15 is 0 Å². The van der Waals surface area contributed by atoms with Crippen molar-refractivity contribution < 1.29 is 13.2 Å². The fourth-order valence-electron chi connectivity index (χ4n) is 4.20. The molecule has 2 atom stereocenters. The van der Waals surface area contributed by atoms with Gasteiger partial charge in [0.15, 0.2) is 0 Å². The molecule has 168 valence electrons. The Bertz CT molecular complexity index is 1010. The van der Waals surface area contributed by atoms with Crippen LogP contribution >= 0.6 is 11.6 Å². The highest BCUT2D eigenvalue weighted by Gasteiger charge is 2.40. The fourth-order valence-corrected chi connectivity index (χ4v) is 6.01. The molecule has 1 aliphatic carbocycles. The highest BCUT2D eigenvalue weighted by atomic mass is 35.5. The van der Waals surface area contributed by atoms with Crippen molar-refractivity contribution in [3.8, 4) is 0 Å². The molecular formula is C24H31ClN2O3S. The van der Waals surface area contributed by atoms with E-state index < -0.39 is 27.9 Å². The van der Waals surface area contributed by atoms with Gasteiger partial charge in [0.05, 0.1) is 10.8 Å². The molecule has 1 aliphatic rings. The second-order valence-corrected chi connectivity index (χ2v) is 11.6. The molecule has 3 rings (SSSR count). The summed E-state index contributed by atoms with van der Waals surface area (Å²) in [5.74, 6) is -0.936. The van der Waals surface area contributed by atoms with Crippen molar-refractivity contribution in [2.24, 2.45) is 11.7 Å². The summed E-state index contributed by atoms with van der Waals surface area (Å²) >= 11 is 5.97. The van der Waals surface area contributed by atoms with Gasteiger partial charge in [-0.1, -0.05) is 69.5 Å². The first-order chi connectivity index (χ1) is 14.5. The second kappa shape index (κ2) is 9.31. The summed E-state index contributed by atoms with van der Waals surface area (Å²) in [5, 5.41) is 0.468. The minimum absolute atomic E-state index is 0.00797. The summed E-state index contributed by atoms with van der Waals surface area (Å²) in [4.78, 5) is 12.3. The number of rotatable bonds is 6. The fraction of sp³-hybridized carbons (Fsp3) is 0.458. The lowest BCUT2D eigenvalue weighted by Gasteiger charge is -2.38. The third-order valence-corrected chi connectivity index (χ3v) is 8.18. The molecule has 1 fully saturated rings. The van der Waals surface area contributed by atoms with E-state index in [1.807, 2.05) is 24.3 Å². The predicted octanol–water partition coefficient (Wildman–Crippen LogP) is 4.87. The highest BCUT2D eigenvalue weighted by Crippen LogP contribution is 2.34. The van der Waals surface area contributed by atoms with E-state index in [1.54, 1.807) is 12.1 Å². The highest BCUT2D eigenvalue weighted by molar-refractivity contribution is 7.89. The average Bonchev–Trinajstić information content (AvgIpc) is 2.72. The summed E-state index contributed by atoms with van der Waals surface area (Å²) in [7, 11) is -3.85. The van der Waals surface area contributed by atoms with E-state index in [9.17, 15) is 13.2 Å². The van der Waals surface area contributed by atoms with Gasteiger partial charge in [-0.05, 0) is 53.6 Å². The van der Waals surface area contributed by atoms with Gasteiger partial charge in [0, 0.05) is 17.6 Å². The topological polar surface area (TPSA) is 80.5 Å². The molecule has 0 bridgehead atoms. The number of primary amides is 1. The Morgan fingerprint density at radius 3 is 2.16 bits per heavy atom. The number of hydrogen-bond donors (Lipinski definition) is 1. The smallest absolute Gasteiger partial charge is 0.243 e. The van der Waals surface area contributed by atoms with E-state index in [0.717, 1.165) is 18.4 Å². The zero-order valence-electron chi connectivity index (χ0n) is 18.3. The number of nitrogens with zero attached hydrogens (tertiary/aromatic N) is 1. The van der Waals surface area contributed by atoms with Crippen molar-refractivity contribution in [3.63, 3.8) is 0 Å². The molecule has 1 amide bonds. The van der Waals surface area contributed by atoms with Crippen molar-refractivity contribution in [3.05, 3.63) is 64.7 Å². The number of benzene rings is 2. The number of sulfonamides is 1. The van der Waals surface area contributed by atoms with Crippen LogP contribution < -0.4 is 5.73 Å². The molecule has 5 nitrogen and oxygen atoms in total. The van der Waals surface area contributed by atoms with Crippen LogP contribution in [0.15, 0.2) is 53.4 Å². The zero-order valence-corrected chi connectivity index (χ0v) is 19.9. The molecule has 2 aromatic carbocycles. The Hall–Kier alpha value is -1.89. The molecule has 1 saturated carbocycles. The molecule has 0 radical (unpaired) electrons. The molecule has 2 aromatic rings. The van der Waals surface area contributed by atoms with Gasteiger partial charge in [0.2, 0.25) is 15.9 Å². The maximum absolute atomic E-state index is 13.7. The van der Waals surface area contributed by atoms with Crippen LogP contribution in [-0.4, -0.2) is 24.7 Å². The minimum Gasteiger partial charge on any atom is -0.369 e. The zero-order chi connectivity index (χ0) is 22.8. The molecule has 7 heteroatoms. The van der Waals surface area contributed by atoms with Crippen LogP contribution in [0.25, 0.3) is 0 Å². The van der Waals surface area contributed by atoms with E-state index in [-0.39, 0.29) is 16.9 Å². The van der Waals surface area contributed by atoms with Crippen LogP contribution in [-0.2, 0) is 26.8 Å². The van der Waals surface area contributed by atoms with Crippen LogP contribution in [0.4, 0.5) is 0 Å². The van der Waals surface area contributed by atoms with Gasteiger partial charge in [-0.25, -0.2) is 8.42 Å². The number of amides is 1. The molecular weight excluding hydrogens is 432 g/mol. The SMILES string of the molecule is CC(C)(C)c1ccc(CN([C@@H]2CCCC[C@@H]2C(N)=O)S(=O)(=O)c2ccc(Cl)cc2)cc1. The third kappa shape index (κ3) is 5.48. The lowest BCUT2D eigenvalue weighted by Crippen LogP contribution is -2.49. The van der Waals surface area contributed by atoms with Crippen molar-refractivity contribution >= 4 is 27.5 Å². The average molecular weight is 463 g/mol. The summed E-state index contributed by atoms with van der Waals surface area (Å²) in [6.07, 6.45) is 2.96. The lowest BCUT2D eigenvalue weighted by atomic mass is 9.83. The van der Waals surface area contributed by atoms with Crippen LogP contribution in [0, 0.1) is 5.92 Å². The van der Waals surface area contributed by atoms with Gasteiger partial charge in [-0.15, -0.1) is 0 Å². The third-order valence-electron chi connectivity index (χ3n) is 6.04. The summed E-state index contributed by atoms with van der Waals surface area (Å²) in [6.45, 7) is 6.60. The summed E-state index contributed by atoms with van der Waals surface area (Å²) in [6, 6.07) is 13.7. The molecule has 0 heterocycles. The maximum Gasteiger partial charge on any atom is 0.243 e. The van der Waals surface area contributed by atoms with Crippen LogP contribution in [0.3, 0.4) is 0 Å². The van der Waals surface area contributed by atoms with E-state index in [4.69, 9.17) is 17.3 Å². The van der Waals surface area contributed by atoms with Crippen molar-refractivity contribution in [1.82, 2.24) is 4.31 Å². The first-order valence-electron chi connectivity index (χ1n) is 10.7. The molecule has 0 aliphatic heterocycles. The summed E-state index contributed by atoms with van der Waals surface area (Å²) in [5.41, 5.74) is 7.74. The van der Waals surface area contributed by atoms with Gasteiger partial charge in [-0.3, -0.25) is 4.79 Å². The molecule has 31 heavy (non-hydrogen) atoms. The van der Waals surface area contributed by atoms with E-state index in [2.05, 4.69) is 20.8 Å². The van der Waals surface area contributed by atoms with Gasteiger partial charge >= 0.3 is 0 Å². The normalized spacial score (nSPS) is 20.0. The van der Waals surface area contributed by atoms with E-state index in [1.165, 1.54) is 22.0 Å². The number of carbonyl (C=O) groups excluding carboxylic acids is 1.